The Bertz CT molecular complexity index is 525. The van der Waals surface area contributed by atoms with Crippen molar-refractivity contribution < 1.29 is 14.3 Å². The molecule has 8 heteroatoms. The molecule has 8 nitrogen and oxygen atoms in total. The molecule has 0 fully saturated rings. The molecule has 0 aromatic carbocycles. The van der Waals surface area contributed by atoms with Gasteiger partial charge in [-0.15, -0.1) is 0 Å². The molecule has 1 N–H and O–H groups in total. The quantitative estimate of drug-likeness (QED) is 0.734. The van der Waals surface area contributed by atoms with E-state index in [4.69, 9.17) is 9.47 Å². The number of hydrogen-bond donors (Lipinski definition) is 1. The predicted molar refractivity (Wildman–Crippen MR) is 55.0 cm³/mol. The summed E-state index contributed by atoms with van der Waals surface area (Å²) in [5.41, 5.74) is 0.0463. The van der Waals surface area contributed by atoms with Crippen LogP contribution >= 0.6 is 0 Å². The van der Waals surface area contributed by atoms with E-state index in [0.29, 0.717) is 0 Å². The molecule has 0 atom stereocenters. The number of H-pyrrole nitrogens is 1. The van der Waals surface area contributed by atoms with Crippen LogP contribution in [0, 0.1) is 0 Å². The number of carbonyl (C=O) groups excluding carboxylic acids is 1. The molecule has 2 aromatic rings. The van der Waals surface area contributed by atoms with E-state index in [9.17, 15) is 4.79 Å². The molecule has 0 unspecified atom stereocenters. The second-order valence-electron chi connectivity index (χ2n) is 2.93. The molecule has 0 saturated heterocycles. The van der Waals surface area contributed by atoms with E-state index in [1.54, 1.807) is 0 Å². The SMILES string of the molecule is COc1cnc(C(=O)c2ncn[nH]2)c(OC)n1. The number of ether oxygens (including phenoxy) is 2. The highest BCUT2D eigenvalue weighted by Crippen LogP contribution is 2.18. The van der Waals surface area contributed by atoms with Crippen molar-refractivity contribution in [2.75, 3.05) is 14.2 Å². The molecular weight excluding hydrogens is 226 g/mol. The van der Waals surface area contributed by atoms with Crippen molar-refractivity contribution in [2.45, 2.75) is 0 Å². The zero-order valence-electron chi connectivity index (χ0n) is 9.17. The molecule has 2 heterocycles. The van der Waals surface area contributed by atoms with Gasteiger partial charge in [0.25, 0.3) is 5.78 Å². The summed E-state index contributed by atoms with van der Waals surface area (Å²) in [7, 11) is 2.84. The summed E-state index contributed by atoms with van der Waals surface area (Å²) in [6, 6.07) is 0. The van der Waals surface area contributed by atoms with Crippen LogP contribution in [0.25, 0.3) is 0 Å². The summed E-state index contributed by atoms with van der Waals surface area (Å²) in [5.74, 6) is -0.0426. The van der Waals surface area contributed by atoms with E-state index in [1.165, 1.54) is 26.7 Å². The maximum atomic E-state index is 11.9. The highest BCUT2D eigenvalue weighted by molar-refractivity contribution is 6.06. The van der Waals surface area contributed by atoms with Crippen LogP contribution in [0.3, 0.4) is 0 Å². The molecule has 0 spiro atoms. The van der Waals surface area contributed by atoms with Crippen LogP contribution < -0.4 is 9.47 Å². The van der Waals surface area contributed by atoms with Crippen LogP contribution in [-0.2, 0) is 0 Å². The Morgan fingerprint density at radius 3 is 2.71 bits per heavy atom. The van der Waals surface area contributed by atoms with Gasteiger partial charge in [0.05, 0.1) is 20.4 Å². The van der Waals surface area contributed by atoms with Crippen LogP contribution in [0.2, 0.25) is 0 Å². The molecule has 0 amide bonds. The highest BCUT2D eigenvalue weighted by Gasteiger charge is 2.20. The Morgan fingerprint density at radius 1 is 1.29 bits per heavy atom. The minimum atomic E-state index is -0.450. The normalized spacial score (nSPS) is 10.0. The fourth-order valence-corrected chi connectivity index (χ4v) is 1.18. The first-order valence-electron chi connectivity index (χ1n) is 4.61. The monoisotopic (exact) mass is 235 g/mol. The van der Waals surface area contributed by atoms with Crippen LogP contribution in [0.5, 0.6) is 11.8 Å². The van der Waals surface area contributed by atoms with Gasteiger partial charge >= 0.3 is 0 Å². The number of nitrogens with one attached hydrogen (secondary N) is 1. The lowest BCUT2D eigenvalue weighted by Crippen LogP contribution is -2.10. The summed E-state index contributed by atoms with van der Waals surface area (Å²) in [5, 5.41) is 6.04. The number of ketones is 1. The van der Waals surface area contributed by atoms with Crippen LogP contribution in [-0.4, -0.2) is 45.2 Å². The lowest BCUT2D eigenvalue weighted by Gasteiger charge is -2.05. The van der Waals surface area contributed by atoms with E-state index in [1.807, 2.05) is 0 Å². The zero-order chi connectivity index (χ0) is 12.3. The van der Waals surface area contributed by atoms with Gasteiger partial charge < -0.3 is 9.47 Å². The van der Waals surface area contributed by atoms with E-state index in [0.717, 1.165) is 0 Å². The number of nitrogens with zero attached hydrogens (tertiary/aromatic N) is 4. The first kappa shape index (κ1) is 11.0. The van der Waals surface area contributed by atoms with Crippen molar-refractivity contribution in [3.8, 4) is 11.8 Å². The molecule has 0 saturated carbocycles. The van der Waals surface area contributed by atoms with Crippen LogP contribution in [0.4, 0.5) is 0 Å². The number of methoxy groups -OCH3 is 2. The van der Waals surface area contributed by atoms with Crippen molar-refractivity contribution in [2.24, 2.45) is 0 Å². The van der Waals surface area contributed by atoms with Gasteiger partial charge in [-0.1, -0.05) is 0 Å². The largest absolute Gasteiger partial charge is 0.480 e. The van der Waals surface area contributed by atoms with Crippen molar-refractivity contribution >= 4 is 5.78 Å². The summed E-state index contributed by atoms with van der Waals surface area (Å²) in [6.07, 6.45) is 2.56. The van der Waals surface area contributed by atoms with Gasteiger partial charge in [-0.3, -0.25) is 9.89 Å². The van der Waals surface area contributed by atoms with Crippen LogP contribution in [0.15, 0.2) is 12.5 Å². The number of rotatable bonds is 4. The average molecular weight is 235 g/mol. The third-order valence-corrected chi connectivity index (χ3v) is 1.97. The zero-order valence-corrected chi connectivity index (χ0v) is 9.17. The summed E-state index contributed by atoms with van der Waals surface area (Å²) < 4.78 is 9.85. The van der Waals surface area contributed by atoms with Gasteiger partial charge in [0.2, 0.25) is 11.8 Å². The molecule has 0 aliphatic carbocycles. The van der Waals surface area contributed by atoms with Crippen molar-refractivity contribution in [1.82, 2.24) is 25.1 Å². The van der Waals surface area contributed by atoms with Crippen molar-refractivity contribution in [3.05, 3.63) is 24.0 Å². The summed E-state index contributed by atoms with van der Waals surface area (Å²) in [4.78, 5) is 23.5. The standard InChI is InChI=1S/C9H9N5O3/c1-16-5-3-10-6(9(13-5)17-2)7(15)8-11-4-12-14-8/h3-4H,1-2H3,(H,11,12,14). The topological polar surface area (TPSA) is 103 Å². The third-order valence-electron chi connectivity index (χ3n) is 1.97. The maximum absolute atomic E-state index is 11.9. The van der Waals surface area contributed by atoms with E-state index in [-0.39, 0.29) is 23.3 Å². The Kier molecular flexibility index (Phi) is 2.95. The summed E-state index contributed by atoms with van der Waals surface area (Å²) >= 11 is 0. The number of aromatic nitrogens is 5. The molecule has 0 bridgehead atoms. The van der Waals surface area contributed by atoms with Gasteiger partial charge in [0, 0.05) is 0 Å². The Hall–Kier alpha value is -2.51. The number of aromatic amines is 1. The summed E-state index contributed by atoms with van der Waals surface area (Å²) in [6.45, 7) is 0. The highest BCUT2D eigenvalue weighted by atomic mass is 16.5. The molecular formula is C9H9N5O3. The molecule has 2 rings (SSSR count). The second kappa shape index (κ2) is 4.56. The third kappa shape index (κ3) is 2.05. The molecule has 88 valence electrons. The minimum absolute atomic E-state index is 0.0463. The van der Waals surface area contributed by atoms with Crippen molar-refractivity contribution in [3.63, 3.8) is 0 Å². The lowest BCUT2D eigenvalue weighted by atomic mass is 10.2. The fourth-order valence-electron chi connectivity index (χ4n) is 1.18. The first-order chi connectivity index (χ1) is 8.26. The molecule has 0 aliphatic rings. The Balaban J connectivity index is 2.41. The Morgan fingerprint density at radius 2 is 2.12 bits per heavy atom. The smallest absolute Gasteiger partial charge is 0.253 e. The molecule has 0 radical (unpaired) electrons. The van der Waals surface area contributed by atoms with E-state index < -0.39 is 5.78 Å². The van der Waals surface area contributed by atoms with Gasteiger partial charge in [-0.2, -0.15) is 10.1 Å². The molecule has 0 aliphatic heterocycles. The minimum Gasteiger partial charge on any atom is -0.480 e. The first-order valence-corrected chi connectivity index (χ1v) is 4.61. The van der Waals surface area contributed by atoms with E-state index >= 15 is 0 Å². The lowest BCUT2D eigenvalue weighted by molar-refractivity contribution is 0.102. The number of hydrogen-bond acceptors (Lipinski definition) is 7. The number of carbonyl (C=O) groups is 1. The predicted octanol–water partition coefficient (Wildman–Crippen LogP) is -0.157. The molecule has 2 aromatic heterocycles. The maximum Gasteiger partial charge on any atom is 0.253 e. The van der Waals surface area contributed by atoms with Gasteiger partial charge in [-0.05, 0) is 0 Å². The van der Waals surface area contributed by atoms with E-state index in [2.05, 4.69) is 25.1 Å². The van der Waals surface area contributed by atoms with Crippen molar-refractivity contribution in [1.29, 1.82) is 0 Å². The van der Waals surface area contributed by atoms with Gasteiger partial charge in [-0.25, -0.2) is 9.97 Å². The van der Waals surface area contributed by atoms with Gasteiger partial charge in [0.15, 0.2) is 11.5 Å². The average Bonchev–Trinajstić information content (AvgIpc) is 2.91. The second-order valence-corrected chi connectivity index (χ2v) is 2.93. The van der Waals surface area contributed by atoms with Gasteiger partial charge in [0.1, 0.15) is 6.33 Å². The fraction of sp³-hybridized carbons (Fsp3) is 0.222. The van der Waals surface area contributed by atoms with Crippen LogP contribution in [0.1, 0.15) is 16.3 Å². The Labute approximate surface area is 96.0 Å². The molecule has 17 heavy (non-hydrogen) atoms.